The second-order valence-corrected chi connectivity index (χ2v) is 14.4. The summed E-state index contributed by atoms with van der Waals surface area (Å²) < 4.78 is 6.45. The van der Waals surface area contributed by atoms with E-state index in [1.807, 2.05) is 30.3 Å². The fraction of sp³-hybridized carbons (Fsp3) is 0.765. The van der Waals surface area contributed by atoms with Gasteiger partial charge >= 0.3 is 5.97 Å². The van der Waals surface area contributed by atoms with E-state index in [4.69, 9.17) is 4.74 Å². The van der Waals surface area contributed by atoms with Gasteiger partial charge in [-0.2, -0.15) is 0 Å². The predicted octanol–water partition coefficient (Wildman–Crippen LogP) is 7.48. The Labute approximate surface area is 230 Å². The summed E-state index contributed by atoms with van der Waals surface area (Å²) in [5, 5.41) is 10.5. The summed E-state index contributed by atoms with van der Waals surface area (Å²) in [5.74, 6) is 3.46. The van der Waals surface area contributed by atoms with Crippen molar-refractivity contribution in [2.24, 2.45) is 52.3 Å². The Hall–Kier alpha value is -1.68. The number of aliphatic hydroxyl groups is 1. The van der Waals surface area contributed by atoms with Gasteiger partial charge in [0.1, 0.15) is 11.9 Å². The van der Waals surface area contributed by atoms with Gasteiger partial charge in [0.25, 0.3) is 0 Å². The fourth-order valence-corrected chi connectivity index (χ4v) is 9.83. The van der Waals surface area contributed by atoms with E-state index in [-0.39, 0.29) is 29.0 Å². The highest BCUT2D eigenvalue weighted by Crippen LogP contribution is 2.68. The van der Waals surface area contributed by atoms with Crippen LogP contribution in [-0.4, -0.2) is 29.1 Å². The monoisotopic (exact) mass is 522 g/mol. The zero-order chi connectivity index (χ0) is 27.2. The third kappa shape index (κ3) is 4.88. The first-order chi connectivity index (χ1) is 18.0. The number of carbonyl (C=O) groups excluding carboxylic acids is 2. The van der Waals surface area contributed by atoms with Crippen LogP contribution < -0.4 is 0 Å². The Kier molecular flexibility index (Phi) is 7.86. The van der Waals surface area contributed by atoms with Crippen molar-refractivity contribution in [3.05, 3.63) is 35.9 Å². The quantitative estimate of drug-likeness (QED) is 0.377. The number of esters is 1. The number of hydrogen-bond donors (Lipinski definition) is 1. The van der Waals surface area contributed by atoms with Gasteiger partial charge in [0.05, 0.1) is 11.7 Å². The zero-order valence-electron chi connectivity index (χ0n) is 24.3. The molecule has 0 aliphatic heterocycles. The summed E-state index contributed by atoms with van der Waals surface area (Å²) in [6.07, 6.45) is 9.67. The van der Waals surface area contributed by atoms with E-state index in [1.54, 1.807) is 0 Å². The third-order valence-corrected chi connectivity index (χ3v) is 12.2. The Morgan fingerprint density at radius 2 is 1.71 bits per heavy atom. The summed E-state index contributed by atoms with van der Waals surface area (Å²) in [7, 11) is 0. The lowest BCUT2D eigenvalue weighted by molar-refractivity contribution is -0.170. The van der Waals surface area contributed by atoms with E-state index in [0.29, 0.717) is 65.6 Å². The van der Waals surface area contributed by atoms with Crippen LogP contribution in [-0.2, 0) is 9.53 Å². The first kappa shape index (κ1) is 27.9. The molecule has 5 rings (SSSR count). The summed E-state index contributed by atoms with van der Waals surface area (Å²) in [6, 6.07) is 9.42. The Morgan fingerprint density at radius 1 is 1.00 bits per heavy atom. The van der Waals surface area contributed by atoms with Gasteiger partial charge in [-0.05, 0) is 110 Å². The highest BCUT2D eigenvalue weighted by atomic mass is 16.5. The predicted molar refractivity (Wildman–Crippen MR) is 150 cm³/mol. The molecule has 0 heterocycles. The molecule has 4 heteroatoms. The van der Waals surface area contributed by atoms with Crippen molar-refractivity contribution >= 4 is 11.8 Å². The van der Waals surface area contributed by atoms with Crippen LogP contribution in [0.25, 0.3) is 0 Å². The molecule has 210 valence electrons. The van der Waals surface area contributed by atoms with Crippen LogP contribution in [0.5, 0.6) is 0 Å². The van der Waals surface area contributed by atoms with Crippen molar-refractivity contribution in [1.82, 2.24) is 0 Å². The molecule has 0 spiro atoms. The van der Waals surface area contributed by atoms with E-state index < -0.39 is 0 Å². The van der Waals surface area contributed by atoms with Gasteiger partial charge in [-0.15, -0.1) is 0 Å². The van der Waals surface area contributed by atoms with Crippen LogP contribution in [0.2, 0.25) is 0 Å². The number of rotatable bonds is 7. The van der Waals surface area contributed by atoms with Crippen LogP contribution >= 0.6 is 0 Å². The standard InChI is InChI=1S/C34H50O4/c1-21(2)29(36)14-11-22(3)26-12-13-27-31-28(16-18-34(26,27)5)33(4)17-15-25(35)19-24(33)20-30(31)38-32(37)23-9-7-6-8-10-23/h6-10,21-22,24,26-31,36H,11-20H2,1-5H3/t22?,24-,26-,27?,28?,29-,30?,31?,33+,34-/m1/s1. The Balaban J connectivity index is 1.41. The third-order valence-electron chi connectivity index (χ3n) is 12.2. The van der Waals surface area contributed by atoms with Gasteiger partial charge in [-0.25, -0.2) is 4.79 Å². The molecule has 0 aromatic heterocycles. The van der Waals surface area contributed by atoms with Gasteiger partial charge < -0.3 is 9.84 Å². The van der Waals surface area contributed by atoms with E-state index in [1.165, 1.54) is 25.7 Å². The van der Waals surface area contributed by atoms with E-state index >= 15 is 0 Å². The van der Waals surface area contributed by atoms with E-state index in [9.17, 15) is 14.7 Å². The maximum absolute atomic E-state index is 13.3. The number of hydrogen-bond acceptors (Lipinski definition) is 4. The van der Waals surface area contributed by atoms with Crippen molar-refractivity contribution in [2.75, 3.05) is 0 Å². The molecule has 0 bridgehead atoms. The maximum Gasteiger partial charge on any atom is 0.338 e. The molecule has 4 nitrogen and oxygen atoms in total. The Morgan fingerprint density at radius 3 is 2.42 bits per heavy atom. The molecule has 4 fully saturated rings. The zero-order valence-corrected chi connectivity index (χ0v) is 24.3. The van der Waals surface area contributed by atoms with Crippen LogP contribution in [0.3, 0.4) is 0 Å². The summed E-state index contributed by atoms with van der Waals surface area (Å²) in [5.41, 5.74) is 1.03. The molecule has 0 saturated heterocycles. The minimum atomic E-state index is -0.218. The van der Waals surface area contributed by atoms with Crippen molar-refractivity contribution in [3.63, 3.8) is 0 Å². The smallest absolute Gasteiger partial charge is 0.338 e. The first-order valence-electron chi connectivity index (χ1n) is 15.5. The normalized spacial score (nSPS) is 40.1. The van der Waals surface area contributed by atoms with Crippen LogP contribution in [0.1, 0.15) is 109 Å². The molecule has 38 heavy (non-hydrogen) atoms. The number of benzene rings is 1. The number of ketones is 1. The van der Waals surface area contributed by atoms with Crippen molar-refractivity contribution in [2.45, 2.75) is 111 Å². The summed E-state index contributed by atoms with van der Waals surface area (Å²) >= 11 is 0. The molecular weight excluding hydrogens is 472 g/mol. The molecule has 1 aromatic carbocycles. The van der Waals surface area contributed by atoms with Gasteiger partial charge in [-0.3, -0.25) is 4.79 Å². The highest BCUT2D eigenvalue weighted by molar-refractivity contribution is 5.89. The lowest BCUT2D eigenvalue weighted by Gasteiger charge is -2.62. The second kappa shape index (κ2) is 10.7. The fourth-order valence-electron chi connectivity index (χ4n) is 9.83. The van der Waals surface area contributed by atoms with Gasteiger partial charge in [0, 0.05) is 18.8 Å². The average Bonchev–Trinajstić information content (AvgIpc) is 3.25. The summed E-state index contributed by atoms with van der Waals surface area (Å²) in [4.78, 5) is 25.9. The molecule has 5 unspecified atom stereocenters. The Bertz CT molecular complexity index is 1000. The van der Waals surface area contributed by atoms with E-state index in [0.717, 1.165) is 25.7 Å². The van der Waals surface area contributed by atoms with Crippen molar-refractivity contribution < 1.29 is 19.4 Å². The molecular formula is C34H50O4. The molecule has 1 N–H and O–H groups in total. The topological polar surface area (TPSA) is 63.6 Å². The first-order valence-corrected chi connectivity index (χ1v) is 15.5. The summed E-state index contributed by atoms with van der Waals surface area (Å²) in [6.45, 7) is 11.6. The SMILES string of the molecule is CC(C)[C@H](O)CCC(C)[C@H]1CCC2C3C(OC(=O)c4ccccc4)C[C@H]4CC(=O)CC[C@]4(C)C3CC[C@@]21C. The minimum absolute atomic E-state index is 0.113. The molecule has 4 saturated carbocycles. The minimum Gasteiger partial charge on any atom is -0.458 e. The largest absolute Gasteiger partial charge is 0.458 e. The second-order valence-electron chi connectivity index (χ2n) is 14.4. The number of aliphatic hydroxyl groups excluding tert-OH is 1. The van der Waals surface area contributed by atoms with Gasteiger partial charge in [0.15, 0.2) is 0 Å². The van der Waals surface area contributed by atoms with Crippen molar-refractivity contribution in [1.29, 1.82) is 0 Å². The molecule has 4 aliphatic carbocycles. The number of Topliss-reactive ketones (excluding diaryl/α,β-unsaturated/α-hetero) is 1. The molecule has 0 radical (unpaired) electrons. The lowest BCUT2D eigenvalue weighted by Crippen LogP contribution is -2.59. The number of carbonyl (C=O) groups is 2. The molecule has 4 aliphatic rings. The number of fused-ring (bicyclic) bond motifs is 5. The highest BCUT2D eigenvalue weighted by Gasteiger charge is 2.63. The van der Waals surface area contributed by atoms with Crippen LogP contribution in [0.15, 0.2) is 30.3 Å². The average molecular weight is 523 g/mol. The molecule has 1 aromatic rings. The number of ether oxygens (including phenoxy) is 1. The van der Waals surface area contributed by atoms with Gasteiger partial charge in [-0.1, -0.05) is 52.8 Å². The van der Waals surface area contributed by atoms with Crippen LogP contribution in [0, 0.1) is 52.3 Å². The molecule has 0 amide bonds. The van der Waals surface area contributed by atoms with Crippen LogP contribution in [0.4, 0.5) is 0 Å². The van der Waals surface area contributed by atoms with E-state index in [2.05, 4.69) is 34.6 Å². The lowest BCUT2D eigenvalue weighted by atomic mass is 9.43. The maximum atomic E-state index is 13.3. The van der Waals surface area contributed by atoms with Gasteiger partial charge in [0.2, 0.25) is 0 Å². The molecule has 10 atom stereocenters. The van der Waals surface area contributed by atoms with Crippen molar-refractivity contribution in [3.8, 4) is 0 Å².